The summed E-state index contributed by atoms with van der Waals surface area (Å²) in [6, 6.07) is 1.26. The van der Waals surface area contributed by atoms with E-state index >= 15 is 0 Å². The lowest BCUT2D eigenvalue weighted by molar-refractivity contribution is -0.384. The molecule has 10 nitrogen and oxygen atoms in total. The SMILES string of the molecule is CC[C@@](C)(O)[C@H](Nc1ccc(S(=O)(=O)O)cc1[N+](=O)[O-])C(=O)OC. The maximum absolute atomic E-state index is 11.9. The van der Waals surface area contributed by atoms with E-state index in [0.717, 1.165) is 19.2 Å². The fourth-order valence-corrected chi connectivity index (χ4v) is 2.39. The smallest absolute Gasteiger partial charge is 0.331 e. The third-order valence-electron chi connectivity index (χ3n) is 3.54. The predicted molar refractivity (Wildman–Crippen MR) is 83.3 cm³/mol. The highest BCUT2D eigenvalue weighted by Crippen LogP contribution is 2.30. The number of methoxy groups -OCH3 is 1. The van der Waals surface area contributed by atoms with E-state index in [0.29, 0.717) is 6.07 Å². The number of rotatable bonds is 7. The number of carbonyl (C=O) groups is 1. The first-order chi connectivity index (χ1) is 10.9. The van der Waals surface area contributed by atoms with Crippen molar-refractivity contribution in [1.82, 2.24) is 0 Å². The number of nitro groups is 1. The molecule has 1 aromatic rings. The van der Waals surface area contributed by atoms with Crippen molar-refractivity contribution in [2.75, 3.05) is 12.4 Å². The van der Waals surface area contributed by atoms with Gasteiger partial charge in [-0.15, -0.1) is 0 Å². The number of carbonyl (C=O) groups excluding carboxylic acids is 1. The highest BCUT2D eigenvalue weighted by molar-refractivity contribution is 7.85. The molecule has 0 aliphatic heterocycles. The zero-order chi connectivity index (χ0) is 18.7. The van der Waals surface area contributed by atoms with E-state index in [1.54, 1.807) is 6.92 Å². The number of benzene rings is 1. The molecule has 1 rings (SSSR count). The molecule has 2 atom stereocenters. The lowest BCUT2D eigenvalue weighted by Crippen LogP contribution is -2.50. The van der Waals surface area contributed by atoms with Crippen molar-refractivity contribution in [3.63, 3.8) is 0 Å². The van der Waals surface area contributed by atoms with Crippen LogP contribution in [0.2, 0.25) is 0 Å². The van der Waals surface area contributed by atoms with Crippen LogP contribution in [0.15, 0.2) is 23.1 Å². The Morgan fingerprint density at radius 2 is 2.08 bits per heavy atom. The molecule has 0 saturated carbocycles. The van der Waals surface area contributed by atoms with Crippen molar-refractivity contribution < 1.29 is 32.5 Å². The predicted octanol–water partition coefficient (Wildman–Crippen LogP) is 0.956. The van der Waals surface area contributed by atoms with Crippen LogP contribution in [0, 0.1) is 10.1 Å². The Morgan fingerprint density at radius 1 is 1.50 bits per heavy atom. The first kappa shape index (κ1) is 19.8. The summed E-state index contributed by atoms with van der Waals surface area (Å²) < 4.78 is 35.8. The van der Waals surface area contributed by atoms with Crippen molar-refractivity contribution in [3.05, 3.63) is 28.3 Å². The molecule has 0 saturated heterocycles. The van der Waals surface area contributed by atoms with Gasteiger partial charge in [0.05, 0.1) is 17.6 Å². The normalized spacial score (nSPS) is 15.2. The highest BCUT2D eigenvalue weighted by atomic mass is 32.2. The standard InChI is InChI=1S/C13H18N2O8S/c1-4-13(2,17)11(12(16)23-3)14-9-6-5-8(24(20,21)22)7-10(9)15(18)19/h5-7,11,14,17H,4H2,1-3H3,(H,20,21,22)/t11-,13-/m1/s1. The van der Waals surface area contributed by atoms with Gasteiger partial charge in [0.15, 0.2) is 6.04 Å². The van der Waals surface area contributed by atoms with E-state index in [2.05, 4.69) is 10.1 Å². The van der Waals surface area contributed by atoms with Gasteiger partial charge in [0.1, 0.15) is 10.6 Å². The Bertz CT molecular complexity index is 744. The van der Waals surface area contributed by atoms with Gasteiger partial charge in [-0.1, -0.05) is 6.92 Å². The highest BCUT2D eigenvalue weighted by Gasteiger charge is 2.38. The zero-order valence-electron chi connectivity index (χ0n) is 13.2. The number of hydrogen-bond donors (Lipinski definition) is 3. The quantitative estimate of drug-likeness (QED) is 0.278. The van der Waals surface area contributed by atoms with E-state index < -0.39 is 43.2 Å². The van der Waals surface area contributed by atoms with E-state index in [1.165, 1.54) is 6.92 Å². The van der Waals surface area contributed by atoms with Crippen molar-refractivity contribution in [2.24, 2.45) is 0 Å². The molecule has 0 aromatic heterocycles. The van der Waals surface area contributed by atoms with E-state index in [9.17, 15) is 28.4 Å². The van der Waals surface area contributed by atoms with Gasteiger partial charge in [0, 0.05) is 6.07 Å². The zero-order valence-corrected chi connectivity index (χ0v) is 14.0. The number of aliphatic hydroxyl groups is 1. The topological polar surface area (TPSA) is 156 Å². The van der Waals surface area contributed by atoms with Gasteiger partial charge in [-0.3, -0.25) is 14.7 Å². The molecule has 1 aromatic carbocycles. The third kappa shape index (κ3) is 4.40. The Labute approximate surface area is 138 Å². The maximum atomic E-state index is 11.9. The maximum Gasteiger partial charge on any atom is 0.331 e. The molecule has 11 heteroatoms. The molecule has 0 amide bonds. The molecule has 0 radical (unpaired) electrons. The van der Waals surface area contributed by atoms with Crippen LogP contribution in [0.4, 0.5) is 11.4 Å². The van der Waals surface area contributed by atoms with Gasteiger partial charge < -0.3 is 15.2 Å². The summed E-state index contributed by atoms with van der Waals surface area (Å²) in [6.07, 6.45) is 0.136. The van der Waals surface area contributed by atoms with Gasteiger partial charge in [-0.2, -0.15) is 8.42 Å². The van der Waals surface area contributed by atoms with Crippen LogP contribution in [0.5, 0.6) is 0 Å². The number of esters is 1. The molecule has 3 N–H and O–H groups in total. The van der Waals surface area contributed by atoms with Crippen molar-refractivity contribution in [2.45, 2.75) is 36.8 Å². The van der Waals surface area contributed by atoms with Crippen molar-refractivity contribution in [1.29, 1.82) is 0 Å². The van der Waals surface area contributed by atoms with Crippen LogP contribution in [-0.2, 0) is 19.6 Å². The van der Waals surface area contributed by atoms with Crippen LogP contribution < -0.4 is 5.32 Å². The molecule has 0 fully saturated rings. The van der Waals surface area contributed by atoms with Gasteiger partial charge in [0.2, 0.25) is 0 Å². The monoisotopic (exact) mass is 362 g/mol. The van der Waals surface area contributed by atoms with Gasteiger partial charge in [-0.05, 0) is 25.5 Å². The molecule has 0 aliphatic rings. The minimum atomic E-state index is -4.63. The fraction of sp³-hybridized carbons (Fsp3) is 0.462. The summed E-state index contributed by atoms with van der Waals surface area (Å²) in [7, 11) is -3.54. The summed E-state index contributed by atoms with van der Waals surface area (Å²) in [4.78, 5) is 21.5. The number of ether oxygens (including phenoxy) is 1. The Morgan fingerprint density at radius 3 is 2.50 bits per heavy atom. The molecule has 0 aliphatic carbocycles. The van der Waals surface area contributed by atoms with Crippen LogP contribution in [0.25, 0.3) is 0 Å². The molecule has 0 heterocycles. The lowest BCUT2D eigenvalue weighted by Gasteiger charge is -2.31. The van der Waals surface area contributed by atoms with Crippen LogP contribution in [0.3, 0.4) is 0 Å². The summed E-state index contributed by atoms with van der Waals surface area (Å²) in [5, 5.41) is 23.9. The second-order valence-electron chi connectivity index (χ2n) is 5.22. The first-order valence-corrected chi connectivity index (χ1v) is 8.20. The summed E-state index contributed by atoms with van der Waals surface area (Å²) in [5.74, 6) is -0.852. The average Bonchev–Trinajstić information content (AvgIpc) is 2.50. The molecule has 134 valence electrons. The lowest BCUT2D eigenvalue weighted by atomic mass is 9.93. The van der Waals surface area contributed by atoms with Gasteiger partial charge in [0.25, 0.3) is 15.8 Å². The third-order valence-corrected chi connectivity index (χ3v) is 4.39. The van der Waals surface area contributed by atoms with Crippen LogP contribution in [0.1, 0.15) is 20.3 Å². The number of nitrogens with zero attached hydrogens (tertiary/aromatic N) is 1. The van der Waals surface area contributed by atoms with Crippen molar-refractivity contribution >= 4 is 27.5 Å². The molecular formula is C13H18N2O8S. The largest absolute Gasteiger partial charge is 0.467 e. The number of anilines is 1. The fourth-order valence-electron chi connectivity index (χ4n) is 1.89. The summed E-state index contributed by atoms with van der Waals surface area (Å²) in [5.41, 5.74) is -2.48. The Balaban J connectivity index is 3.39. The molecule has 0 unspecified atom stereocenters. The first-order valence-electron chi connectivity index (χ1n) is 6.76. The van der Waals surface area contributed by atoms with E-state index in [4.69, 9.17) is 4.55 Å². The number of nitrogens with one attached hydrogen (secondary N) is 1. The Hall–Kier alpha value is -2.24. The van der Waals surface area contributed by atoms with Crippen LogP contribution >= 0.6 is 0 Å². The minimum Gasteiger partial charge on any atom is -0.467 e. The van der Waals surface area contributed by atoms with Crippen molar-refractivity contribution in [3.8, 4) is 0 Å². The summed E-state index contributed by atoms with van der Waals surface area (Å²) in [6.45, 7) is 2.95. The van der Waals surface area contributed by atoms with Gasteiger partial charge >= 0.3 is 5.97 Å². The van der Waals surface area contributed by atoms with Crippen LogP contribution in [-0.4, -0.2) is 47.7 Å². The van der Waals surface area contributed by atoms with Gasteiger partial charge in [-0.25, -0.2) is 4.79 Å². The average molecular weight is 362 g/mol. The second-order valence-corrected chi connectivity index (χ2v) is 6.64. The molecule has 24 heavy (non-hydrogen) atoms. The van der Waals surface area contributed by atoms with E-state index in [1.807, 2.05) is 0 Å². The van der Waals surface area contributed by atoms with E-state index in [-0.39, 0.29) is 12.1 Å². The molecule has 0 bridgehead atoms. The second kappa shape index (κ2) is 7.11. The minimum absolute atomic E-state index is 0.136. The number of hydrogen-bond acceptors (Lipinski definition) is 8. The summed E-state index contributed by atoms with van der Waals surface area (Å²) >= 11 is 0. The molecule has 0 spiro atoms. The Kier molecular flexibility index (Phi) is 5.87. The molecular weight excluding hydrogens is 344 g/mol. The number of nitro benzene ring substituents is 1.